The average molecular weight is 209 g/mol. The molecule has 0 aliphatic carbocycles. The van der Waals surface area contributed by atoms with Crippen molar-refractivity contribution < 1.29 is 9.53 Å². The second-order valence-corrected chi connectivity index (χ2v) is 3.59. The number of esters is 1. The molecule has 0 aromatic rings. The molecule has 1 atom stereocenters. The average Bonchev–Trinajstić information content (AvgIpc) is 2.57. The van der Waals surface area contributed by atoms with E-state index in [9.17, 15) is 4.79 Å². The molecular weight excluding hydrogens is 190 g/mol. The third kappa shape index (κ3) is 2.85. The molecule has 0 aromatic carbocycles. The summed E-state index contributed by atoms with van der Waals surface area (Å²) in [6.45, 7) is 7.01. The zero-order valence-electron chi connectivity index (χ0n) is 9.67. The van der Waals surface area contributed by atoms with Crippen LogP contribution in [0.15, 0.2) is 23.4 Å². The van der Waals surface area contributed by atoms with Crippen LogP contribution < -0.4 is 5.32 Å². The Kier molecular flexibility index (Phi) is 4.40. The van der Waals surface area contributed by atoms with Gasteiger partial charge in [0.05, 0.1) is 12.5 Å². The molecule has 1 heterocycles. The predicted molar refractivity (Wildman–Crippen MR) is 60.3 cm³/mol. The first-order valence-corrected chi connectivity index (χ1v) is 5.48. The SMILES string of the molecule is CC/C=C\C1=C(C)C(C(=O)OCC)CN1. The molecule has 0 amide bonds. The van der Waals surface area contributed by atoms with E-state index in [1.807, 2.05) is 19.9 Å². The van der Waals surface area contributed by atoms with Gasteiger partial charge in [0.1, 0.15) is 0 Å². The van der Waals surface area contributed by atoms with Gasteiger partial charge in [-0.15, -0.1) is 0 Å². The summed E-state index contributed by atoms with van der Waals surface area (Å²) in [7, 11) is 0. The van der Waals surface area contributed by atoms with Crippen LogP contribution in [-0.4, -0.2) is 19.1 Å². The maximum atomic E-state index is 11.6. The van der Waals surface area contributed by atoms with Gasteiger partial charge in [-0.3, -0.25) is 4.79 Å². The molecule has 1 unspecified atom stereocenters. The third-order valence-corrected chi connectivity index (χ3v) is 2.54. The van der Waals surface area contributed by atoms with Crippen molar-refractivity contribution in [2.45, 2.75) is 27.2 Å². The van der Waals surface area contributed by atoms with E-state index >= 15 is 0 Å². The third-order valence-electron chi connectivity index (χ3n) is 2.54. The van der Waals surface area contributed by atoms with Gasteiger partial charge in [0.2, 0.25) is 0 Å². The quantitative estimate of drug-likeness (QED) is 0.720. The minimum Gasteiger partial charge on any atom is -0.465 e. The Morgan fingerprint density at radius 2 is 2.33 bits per heavy atom. The maximum absolute atomic E-state index is 11.6. The Hall–Kier alpha value is -1.25. The molecule has 1 rings (SSSR count). The molecule has 0 spiro atoms. The molecule has 0 bridgehead atoms. The molecule has 0 radical (unpaired) electrons. The molecule has 0 saturated carbocycles. The van der Waals surface area contributed by atoms with Crippen molar-refractivity contribution in [2.75, 3.05) is 13.2 Å². The molecule has 0 aromatic heterocycles. The summed E-state index contributed by atoms with van der Waals surface area (Å²) in [5, 5.41) is 3.22. The number of nitrogens with one attached hydrogen (secondary N) is 1. The molecule has 1 aliphatic heterocycles. The van der Waals surface area contributed by atoms with Gasteiger partial charge in [-0.2, -0.15) is 0 Å². The van der Waals surface area contributed by atoms with Crippen LogP contribution in [0, 0.1) is 5.92 Å². The highest BCUT2D eigenvalue weighted by atomic mass is 16.5. The van der Waals surface area contributed by atoms with Crippen LogP contribution in [0.1, 0.15) is 27.2 Å². The molecule has 1 N–H and O–H groups in total. The lowest BCUT2D eigenvalue weighted by Gasteiger charge is -2.08. The molecular formula is C12H19NO2. The Labute approximate surface area is 91.2 Å². The molecule has 3 heteroatoms. The first-order valence-electron chi connectivity index (χ1n) is 5.48. The van der Waals surface area contributed by atoms with Crippen molar-refractivity contribution >= 4 is 5.97 Å². The van der Waals surface area contributed by atoms with Gasteiger partial charge in [-0.25, -0.2) is 0 Å². The number of carbonyl (C=O) groups excluding carboxylic acids is 1. The standard InChI is InChI=1S/C12H19NO2/c1-4-6-7-11-9(3)10(8-13-11)12(14)15-5-2/h6-7,10,13H,4-5,8H2,1-3H3/b7-6-. The van der Waals surface area contributed by atoms with Gasteiger partial charge in [0, 0.05) is 12.2 Å². The number of ether oxygens (including phenoxy) is 1. The van der Waals surface area contributed by atoms with Gasteiger partial charge in [0.25, 0.3) is 0 Å². The van der Waals surface area contributed by atoms with Gasteiger partial charge < -0.3 is 10.1 Å². The minimum atomic E-state index is -0.123. The van der Waals surface area contributed by atoms with E-state index in [1.165, 1.54) is 0 Å². The fraction of sp³-hybridized carbons (Fsp3) is 0.583. The lowest BCUT2D eigenvalue weighted by molar-refractivity contribution is -0.146. The topological polar surface area (TPSA) is 38.3 Å². The van der Waals surface area contributed by atoms with Crippen molar-refractivity contribution in [2.24, 2.45) is 5.92 Å². The van der Waals surface area contributed by atoms with Crippen LogP contribution in [0.25, 0.3) is 0 Å². The fourth-order valence-electron chi connectivity index (χ4n) is 1.62. The number of rotatable bonds is 4. The zero-order valence-corrected chi connectivity index (χ0v) is 9.67. The highest BCUT2D eigenvalue weighted by Gasteiger charge is 2.28. The van der Waals surface area contributed by atoms with E-state index in [-0.39, 0.29) is 11.9 Å². The van der Waals surface area contributed by atoms with E-state index in [0.29, 0.717) is 13.2 Å². The van der Waals surface area contributed by atoms with Crippen LogP contribution in [0.3, 0.4) is 0 Å². The lowest BCUT2D eigenvalue weighted by atomic mass is 10.0. The Balaban J connectivity index is 2.68. The van der Waals surface area contributed by atoms with Crippen LogP contribution in [0.2, 0.25) is 0 Å². The largest absolute Gasteiger partial charge is 0.465 e. The number of hydrogen-bond acceptors (Lipinski definition) is 3. The predicted octanol–water partition coefficient (Wildman–Crippen LogP) is 2.01. The van der Waals surface area contributed by atoms with Gasteiger partial charge >= 0.3 is 5.97 Å². The fourth-order valence-corrected chi connectivity index (χ4v) is 1.62. The molecule has 84 valence electrons. The number of carbonyl (C=O) groups is 1. The Morgan fingerprint density at radius 1 is 1.60 bits per heavy atom. The summed E-state index contributed by atoms with van der Waals surface area (Å²) < 4.78 is 5.01. The number of allylic oxidation sites excluding steroid dienone is 2. The van der Waals surface area contributed by atoms with Crippen molar-refractivity contribution in [1.82, 2.24) is 5.32 Å². The highest BCUT2D eigenvalue weighted by molar-refractivity contribution is 5.77. The molecule has 0 fully saturated rings. The van der Waals surface area contributed by atoms with Crippen LogP contribution >= 0.6 is 0 Å². The monoisotopic (exact) mass is 209 g/mol. The summed E-state index contributed by atoms with van der Waals surface area (Å²) in [5.41, 5.74) is 2.15. The van der Waals surface area contributed by atoms with Gasteiger partial charge in [-0.1, -0.05) is 13.0 Å². The summed E-state index contributed by atoms with van der Waals surface area (Å²) in [4.78, 5) is 11.6. The molecule has 0 saturated heterocycles. The lowest BCUT2D eigenvalue weighted by Crippen LogP contribution is -2.22. The maximum Gasteiger partial charge on any atom is 0.314 e. The van der Waals surface area contributed by atoms with Crippen LogP contribution in [0.4, 0.5) is 0 Å². The summed E-state index contributed by atoms with van der Waals surface area (Å²) in [6, 6.07) is 0. The molecule has 15 heavy (non-hydrogen) atoms. The first-order chi connectivity index (χ1) is 7.20. The van der Waals surface area contributed by atoms with E-state index in [0.717, 1.165) is 17.7 Å². The van der Waals surface area contributed by atoms with E-state index in [4.69, 9.17) is 4.74 Å². The van der Waals surface area contributed by atoms with Crippen molar-refractivity contribution in [1.29, 1.82) is 0 Å². The van der Waals surface area contributed by atoms with Crippen molar-refractivity contribution in [3.05, 3.63) is 23.4 Å². The number of hydrogen-bond donors (Lipinski definition) is 1. The van der Waals surface area contributed by atoms with E-state index < -0.39 is 0 Å². The summed E-state index contributed by atoms with van der Waals surface area (Å²) in [6.07, 6.45) is 5.12. The summed E-state index contributed by atoms with van der Waals surface area (Å²) >= 11 is 0. The Bertz CT molecular complexity index is 292. The second-order valence-electron chi connectivity index (χ2n) is 3.59. The zero-order chi connectivity index (χ0) is 11.3. The highest BCUT2D eigenvalue weighted by Crippen LogP contribution is 2.22. The van der Waals surface area contributed by atoms with Gasteiger partial charge in [0.15, 0.2) is 0 Å². The summed E-state index contributed by atoms with van der Waals surface area (Å²) in [5.74, 6) is -0.233. The van der Waals surface area contributed by atoms with Crippen LogP contribution in [0.5, 0.6) is 0 Å². The molecule has 3 nitrogen and oxygen atoms in total. The smallest absolute Gasteiger partial charge is 0.314 e. The van der Waals surface area contributed by atoms with Crippen molar-refractivity contribution in [3.63, 3.8) is 0 Å². The van der Waals surface area contributed by atoms with E-state index in [2.05, 4.69) is 18.3 Å². The van der Waals surface area contributed by atoms with Crippen molar-refractivity contribution in [3.8, 4) is 0 Å². The minimum absolute atomic E-state index is 0.110. The van der Waals surface area contributed by atoms with Gasteiger partial charge in [-0.05, 0) is 31.9 Å². The van der Waals surface area contributed by atoms with Crippen LogP contribution in [-0.2, 0) is 9.53 Å². The first kappa shape index (κ1) is 11.8. The molecule has 1 aliphatic rings. The Morgan fingerprint density at radius 3 is 2.93 bits per heavy atom. The normalized spacial score (nSPS) is 20.9. The second kappa shape index (κ2) is 5.59. The van der Waals surface area contributed by atoms with E-state index in [1.54, 1.807) is 0 Å².